The summed E-state index contributed by atoms with van der Waals surface area (Å²) in [5, 5.41) is 0. The van der Waals surface area contributed by atoms with Crippen LogP contribution in [0.4, 0.5) is 15.8 Å². The molecule has 2 aromatic rings. The zero-order valence-electron chi connectivity index (χ0n) is 23.0. The molecule has 0 saturated carbocycles. The highest BCUT2D eigenvalue weighted by Gasteiger charge is 2.42. The number of thioether (sulfide) groups is 1. The number of benzene rings is 2. The number of esters is 1. The number of carbonyl (C=O) groups excluding carboxylic acids is 1. The maximum Gasteiger partial charge on any atom is 0.334 e. The third-order valence-corrected chi connectivity index (χ3v) is 9.36. The van der Waals surface area contributed by atoms with E-state index in [0.717, 1.165) is 24.9 Å². The van der Waals surface area contributed by atoms with Crippen LogP contribution in [0.5, 0.6) is 5.75 Å². The van der Waals surface area contributed by atoms with Gasteiger partial charge in [0.25, 0.3) is 0 Å². The van der Waals surface area contributed by atoms with Crippen molar-refractivity contribution in [2.75, 3.05) is 23.5 Å². The summed E-state index contributed by atoms with van der Waals surface area (Å²) in [7, 11) is -3.71. The zero-order valence-corrected chi connectivity index (χ0v) is 24.7. The molecule has 0 aliphatic carbocycles. The lowest BCUT2D eigenvalue weighted by atomic mass is 9.81. The molecule has 0 bridgehead atoms. The zero-order chi connectivity index (χ0) is 28.1. The summed E-state index contributed by atoms with van der Waals surface area (Å²) in [6.07, 6.45) is 7.59. The summed E-state index contributed by atoms with van der Waals surface area (Å²) < 4.78 is 52.7. The summed E-state index contributed by atoms with van der Waals surface area (Å²) in [5.74, 6) is -0.574. The predicted molar refractivity (Wildman–Crippen MR) is 152 cm³/mol. The fourth-order valence-electron chi connectivity index (χ4n) is 4.63. The van der Waals surface area contributed by atoms with E-state index in [9.17, 15) is 17.6 Å². The quantitative estimate of drug-likeness (QED) is 0.137. The summed E-state index contributed by atoms with van der Waals surface area (Å²) in [5.41, 5.74) is 0.150. The Balaban J connectivity index is 2.13. The van der Waals surface area contributed by atoms with Crippen LogP contribution in [0.1, 0.15) is 60.3 Å². The second-order valence-electron chi connectivity index (χ2n) is 10.7. The first-order valence-corrected chi connectivity index (χ1v) is 15.7. The minimum absolute atomic E-state index is 0.00694. The minimum Gasteiger partial charge on any atom is -0.464 e. The number of fused-ring (bicyclic) bond motifs is 1. The van der Waals surface area contributed by atoms with Crippen LogP contribution in [0.2, 0.25) is 0 Å². The third kappa shape index (κ3) is 7.32. The van der Waals surface area contributed by atoms with Crippen LogP contribution in [0.15, 0.2) is 58.5 Å². The van der Waals surface area contributed by atoms with E-state index in [1.165, 1.54) is 42.3 Å². The Labute approximate surface area is 230 Å². The highest BCUT2D eigenvalue weighted by molar-refractivity contribution is 7.98. The smallest absolute Gasteiger partial charge is 0.334 e. The van der Waals surface area contributed by atoms with Gasteiger partial charge in [-0.1, -0.05) is 26.7 Å². The highest BCUT2D eigenvalue weighted by Crippen LogP contribution is 2.47. The van der Waals surface area contributed by atoms with Gasteiger partial charge in [0.05, 0.1) is 33.6 Å². The standard InChI is InChI=1S/C29H38FNO5S2/c1-7-9-15-29(8-2)19-31(22-12-10-21(30)11-13-22)23-17-25(37-6)24(18-26(23)38(33,34)20-29)35-16-14-27(32)36-28(3,4)5/h10-14,16-18H,7-9,15,19-20H2,1-6H3/b16-14+. The van der Waals surface area contributed by atoms with Crippen molar-refractivity contribution in [1.82, 2.24) is 0 Å². The van der Waals surface area contributed by atoms with Crippen LogP contribution in [-0.2, 0) is 19.4 Å². The van der Waals surface area contributed by atoms with Gasteiger partial charge in [0.15, 0.2) is 9.84 Å². The van der Waals surface area contributed by atoms with Crippen molar-refractivity contribution in [3.05, 3.63) is 54.6 Å². The maximum absolute atomic E-state index is 13.9. The lowest BCUT2D eigenvalue weighted by Crippen LogP contribution is -2.37. The van der Waals surface area contributed by atoms with Crippen molar-refractivity contribution in [1.29, 1.82) is 0 Å². The van der Waals surface area contributed by atoms with E-state index in [1.807, 2.05) is 24.1 Å². The number of anilines is 2. The van der Waals surface area contributed by atoms with E-state index in [-0.39, 0.29) is 16.5 Å². The van der Waals surface area contributed by atoms with Gasteiger partial charge in [0.2, 0.25) is 0 Å². The van der Waals surface area contributed by atoms with Crippen LogP contribution in [0, 0.1) is 11.2 Å². The van der Waals surface area contributed by atoms with E-state index in [1.54, 1.807) is 32.9 Å². The summed E-state index contributed by atoms with van der Waals surface area (Å²) in [6.45, 7) is 9.94. The van der Waals surface area contributed by atoms with Crippen LogP contribution < -0.4 is 9.64 Å². The molecule has 0 saturated heterocycles. The molecule has 38 heavy (non-hydrogen) atoms. The highest BCUT2D eigenvalue weighted by atomic mass is 32.2. The van der Waals surface area contributed by atoms with Crippen molar-refractivity contribution in [2.24, 2.45) is 5.41 Å². The van der Waals surface area contributed by atoms with E-state index in [0.29, 0.717) is 29.3 Å². The number of unbranched alkanes of at least 4 members (excludes halogenated alkanes) is 1. The average Bonchev–Trinajstić information content (AvgIpc) is 2.94. The Morgan fingerprint density at radius 1 is 1.18 bits per heavy atom. The Morgan fingerprint density at radius 2 is 1.87 bits per heavy atom. The molecule has 6 nitrogen and oxygen atoms in total. The Hall–Kier alpha value is -2.52. The second-order valence-corrected chi connectivity index (χ2v) is 13.5. The molecule has 1 atom stereocenters. The topological polar surface area (TPSA) is 72.9 Å². The summed E-state index contributed by atoms with van der Waals surface area (Å²) in [4.78, 5) is 14.9. The van der Waals surface area contributed by atoms with Gasteiger partial charge in [-0.2, -0.15) is 0 Å². The molecule has 1 aliphatic heterocycles. The van der Waals surface area contributed by atoms with Gasteiger partial charge in [-0.25, -0.2) is 17.6 Å². The van der Waals surface area contributed by atoms with Gasteiger partial charge in [0, 0.05) is 23.7 Å². The Morgan fingerprint density at radius 3 is 2.45 bits per heavy atom. The van der Waals surface area contributed by atoms with Crippen molar-refractivity contribution >= 4 is 38.9 Å². The van der Waals surface area contributed by atoms with Crippen molar-refractivity contribution in [2.45, 2.75) is 75.7 Å². The number of carbonyl (C=O) groups is 1. The lowest BCUT2D eigenvalue weighted by molar-refractivity contribution is -0.148. The van der Waals surface area contributed by atoms with Gasteiger partial charge in [-0.15, -0.1) is 11.8 Å². The molecule has 3 rings (SSSR count). The van der Waals surface area contributed by atoms with Gasteiger partial charge in [-0.3, -0.25) is 0 Å². The number of hydrogen-bond acceptors (Lipinski definition) is 7. The molecule has 0 aromatic heterocycles. The number of nitrogens with zero attached hydrogens (tertiary/aromatic N) is 1. The molecule has 208 valence electrons. The molecule has 9 heteroatoms. The number of sulfone groups is 1. The van der Waals surface area contributed by atoms with Gasteiger partial charge in [0.1, 0.15) is 17.2 Å². The first kappa shape index (κ1) is 30.0. The molecule has 0 spiro atoms. The predicted octanol–water partition coefficient (Wildman–Crippen LogP) is 7.29. The van der Waals surface area contributed by atoms with Crippen molar-refractivity contribution in [3.8, 4) is 5.75 Å². The average molecular weight is 564 g/mol. The van der Waals surface area contributed by atoms with Crippen LogP contribution in [0.3, 0.4) is 0 Å². The maximum atomic E-state index is 13.9. The normalized spacial score (nSPS) is 19.2. The van der Waals surface area contributed by atoms with E-state index in [2.05, 4.69) is 6.92 Å². The molecule has 1 unspecified atom stereocenters. The number of halogens is 1. The van der Waals surface area contributed by atoms with Crippen LogP contribution in [0.25, 0.3) is 0 Å². The second kappa shape index (κ2) is 12.1. The minimum atomic E-state index is -3.71. The molecular formula is C29H38FNO5S2. The number of hydrogen-bond donors (Lipinski definition) is 0. The van der Waals surface area contributed by atoms with Crippen LogP contribution in [-0.4, -0.2) is 38.5 Å². The lowest BCUT2D eigenvalue weighted by Gasteiger charge is -2.36. The Bertz CT molecular complexity index is 1270. The van der Waals surface area contributed by atoms with Gasteiger partial charge < -0.3 is 14.4 Å². The van der Waals surface area contributed by atoms with Crippen LogP contribution >= 0.6 is 11.8 Å². The number of rotatable bonds is 9. The monoisotopic (exact) mass is 563 g/mol. The van der Waals surface area contributed by atoms with Gasteiger partial charge in [-0.05, 0) is 70.2 Å². The fourth-order valence-corrected chi connectivity index (χ4v) is 7.35. The summed E-state index contributed by atoms with van der Waals surface area (Å²) in [6, 6.07) is 9.50. The fraction of sp³-hybridized carbons (Fsp3) is 0.483. The first-order valence-electron chi connectivity index (χ1n) is 12.9. The molecule has 0 radical (unpaired) electrons. The van der Waals surface area contributed by atoms with E-state index < -0.39 is 26.8 Å². The molecule has 1 heterocycles. The molecule has 0 fully saturated rings. The van der Waals surface area contributed by atoms with E-state index in [4.69, 9.17) is 9.47 Å². The molecule has 0 amide bonds. The van der Waals surface area contributed by atoms with Crippen molar-refractivity contribution in [3.63, 3.8) is 0 Å². The SMILES string of the molecule is CCCCC1(CC)CN(c2ccc(F)cc2)c2cc(SC)c(O/C=C/C(=O)OC(C)(C)C)cc2S(=O)(=O)C1. The van der Waals surface area contributed by atoms with E-state index >= 15 is 0 Å². The van der Waals surface area contributed by atoms with Crippen molar-refractivity contribution < 1.29 is 27.1 Å². The third-order valence-electron chi connectivity index (χ3n) is 6.62. The summed E-state index contributed by atoms with van der Waals surface area (Å²) >= 11 is 1.41. The Kier molecular flexibility index (Phi) is 9.57. The number of ether oxygens (including phenoxy) is 2. The largest absolute Gasteiger partial charge is 0.464 e. The van der Waals surface area contributed by atoms with Gasteiger partial charge >= 0.3 is 5.97 Å². The molecule has 2 aromatic carbocycles. The first-order chi connectivity index (χ1) is 17.8. The molecule has 0 N–H and O–H groups in total. The molecular weight excluding hydrogens is 525 g/mol. The molecule has 1 aliphatic rings.